The lowest BCUT2D eigenvalue weighted by molar-refractivity contribution is 0.216. The summed E-state index contributed by atoms with van der Waals surface area (Å²) >= 11 is 0. The van der Waals surface area contributed by atoms with E-state index in [1.165, 1.54) is 44.9 Å². The minimum absolute atomic E-state index is 0.415. The van der Waals surface area contributed by atoms with Crippen LogP contribution >= 0.6 is 0 Å². The summed E-state index contributed by atoms with van der Waals surface area (Å²) < 4.78 is 17.7. The van der Waals surface area contributed by atoms with E-state index in [0.29, 0.717) is 19.0 Å². The lowest BCUT2D eigenvalue weighted by Crippen LogP contribution is -2.24. The molecule has 0 saturated carbocycles. The molecule has 2 saturated heterocycles. The monoisotopic (exact) mass is 572 g/mol. The molecule has 0 aliphatic carbocycles. The Hall–Kier alpha value is -4.01. The zero-order valence-corrected chi connectivity index (χ0v) is 24.8. The summed E-state index contributed by atoms with van der Waals surface area (Å²) in [6, 6.07) is 17.6. The van der Waals surface area contributed by atoms with Crippen LogP contribution in [-0.2, 0) is 0 Å². The molecule has 0 bridgehead atoms. The Labute approximate surface area is 249 Å². The fourth-order valence-electron chi connectivity index (χ4n) is 5.19. The standard InChI is InChI=1S/C33H44N6O3/c1-2-3-4-11-22-40-28-14-16-29(17-15-28)41-23-24-42-30-13-6-5-12-27(30)26-34-37-31-25-32(38-18-7-8-19-38)36-33(35-31)39-20-9-10-21-39/h5-6,12-17,25-26H,2-4,7-11,18-24H2,1H3,(H,35,36,37)/b34-26+. The second-order valence-corrected chi connectivity index (χ2v) is 10.8. The van der Waals surface area contributed by atoms with Crippen molar-refractivity contribution in [3.63, 3.8) is 0 Å². The molecule has 224 valence electrons. The van der Waals surface area contributed by atoms with Crippen LogP contribution in [0.25, 0.3) is 0 Å². The lowest BCUT2D eigenvalue weighted by atomic mass is 10.2. The Balaban J connectivity index is 1.11. The van der Waals surface area contributed by atoms with Crippen molar-refractivity contribution in [1.29, 1.82) is 0 Å². The van der Waals surface area contributed by atoms with Crippen molar-refractivity contribution in [2.24, 2.45) is 5.10 Å². The summed E-state index contributed by atoms with van der Waals surface area (Å²) in [6.07, 6.45) is 11.3. The van der Waals surface area contributed by atoms with Crippen molar-refractivity contribution in [2.75, 3.05) is 61.2 Å². The van der Waals surface area contributed by atoms with Gasteiger partial charge in [-0.15, -0.1) is 0 Å². The summed E-state index contributed by atoms with van der Waals surface area (Å²) in [5, 5.41) is 4.50. The normalized spacial score (nSPS) is 15.0. The predicted octanol–water partition coefficient (Wildman–Crippen LogP) is 6.54. The van der Waals surface area contributed by atoms with E-state index >= 15 is 0 Å². The first-order chi connectivity index (χ1) is 20.8. The molecule has 3 aromatic rings. The van der Waals surface area contributed by atoms with E-state index in [2.05, 4.69) is 27.3 Å². The van der Waals surface area contributed by atoms with E-state index in [1.54, 1.807) is 6.21 Å². The van der Waals surface area contributed by atoms with Crippen LogP contribution in [0.1, 0.15) is 63.9 Å². The molecular formula is C33H44N6O3. The molecule has 9 nitrogen and oxygen atoms in total. The Kier molecular flexibility index (Phi) is 11.1. The Bertz CT molecular complexity index is 1220. The first-order valence-electron chi connectivity index (χ1n) is 15.5. The van der Waals surface area contributed by atoms with Gasteiger partial charge in [0, 0.05) is 37.8 Å². The third-order valence-electron chi connectivity index (χ3n) is 7.52. The number of ether oxygens (including phenoxy) is 3. The Morgan fingerprint density at radius 3 is 2.17 bits per heavy atom. The highest BCUT2D eigenvalue weighted by atomic mass is 16.5. The molecule has 2 fully saturated rings. The highest BCUT2D eigenvalue weighted by Crippen LogP contribution is 2.26. The van der Waals surface area contributed by atoms with Crippen molar-refractivity contribution in [1.82, 2.24) is 9.97 Å². The molecule has 9 heteroatoms. The number of nitrogens with zero attached hydrogens (tertiary/aromatic N) is 5. The van der Waals surface area contributed by atoms with Gasteiger partial charge in [0.1, 0.15) is 36.3 Å². The first-order valence-corrected chi connectivity index (χ1v) is 15.5. The predicted molar refractivity (Wildman–Crippen MR) is 170 cm³/mol. The Morgan fingerprint density at radius 2 is 1.43 bits per heavy atom. The second-order valence-electron chi connectivity index (χ2n) is 10.8. The fraction of sp³-hybridized carbons (Fsp3) is 0.485. The van der Waals surface area contributed by atoms with Crippen molar-refractivity contribution >= 4 is 23.8 Å². The van der Waals surface area contributed by atoms with E-state index in [4.69, 9.17) is 24.2 Å². The van der Waals surface area contributed by atoms with Gasteiger partial charge in [-0.05, 0) is 68.5 Å². The van der Waals surface area contributed by atoms with Gasteiger partial charge in [-0.2, -0.15) is 15.1 Å². The van der Waals surface area contributed by atoms with Gasteiger partial charge in [0.15, 0.2) is 5.82 Å². The molecule has 0 unspecified atom stereocenters. The van der Waals surface area contributed by atoms with Crippen LogP contribution in [0.2, 0.25) is 0 Å². The van der Waals surface area contributed by atoms with Gasteiger partial charge < -0.3 is 24.0 Å². The molecule has 42 heavy (non-hydrogen) atoms. The number of unbranched alkanes of at least 4 members (excludes halogenated alkanes) is 3. The van der Waals surface area contributed by atoms with Gasteiger partial charge in [0.25, 0.3) is 0 Å². The maximum absolute atomic E-state index is 6.04. The van der Waals surface area contributed by atoms with Crippen molar-refractivity contribution in [2.45, 2.75) is 58.3 Å². The zero-order chi connectivity index (χ0) is 28.8. The minimum atomic E-state index is 0.415. The number of benzene rings is 2. The van der Waals surface area contributed by atoms with E-state index in [-0.39, 0.29) is 0 Å². The largest absolute Gasteiger partial charge is 0.494 e. The number of rotatable bonds is 16. The third-order valence-corrected chi connectivity index (χ3v) is 7.52. The number of hydrogen-bond donors (Lipinski definition) is 1. The van der Waals surface area contributed by atoms with Crippen LogP contribution in [-0.4, -0.2) is 62.2 Å². The number of hydrazone groups is 1. The summed E-state index contributed by atoms with van der Waals surface area (Å²) in [4.78, 5) is 14.2. The van der Waals surface area contributed by atoms with E-state index < -0.39 is 0 Å². The first kappa shape index (κ1) is 29.5. The minimum Gasteiger partial charge on any atom is -0.494 e. The number of aromatic nitrogens is 2. The lowest BCUT2D eigenvalue weighted by Gasteiger charge is -2.21. The van der Waals surface area contributed by atoms with Crippen molar-refractivity contribution in [3.8, 4) is 17.2 Å². The molecule has 1 aromatic heterocycles. The van der Waals surface area contributed by atoms with E-state index in [1.807, 2.05) is 54.6 Å². The number of para-hydroxylation sites is 1. The maximum atomic E-state index is 6.04. The summed E-state index contributed by atoms with van der Waals surface area (Å²) in [7, 11) is 0. The molecule has 3 heterocycles. The molecule has 0 spiro atoms. The van der Waals surface area contributed by atoms with Crippen molar-refractivity contribution in [3.05, 3.63) is 60.2 Å². The van der Waals surface area contributed by atoms with Crippen LogP contribution in [0.5, 0.6) is 17.2 Å². The highest BCUT2D eigenvalue weighted by molar-refractivity contribution is 5.84. The van der Waals surface area contributed by atoms with E-state index in [9.17, 15) is 0 Å². The average molecular weight is 573 g/mol. The van der Waals surface area contributed by atoms with Gasteiger partial charge >= 0.3 is 0 Å². The summed E-state index contributed by atoms with van der Waals surface area (Å²) in [5.41, 5.74) is 4.01. The highest BCUT2D eigenvalue weighted by Gasteiger charge is 2.20. The maximum Gasteiger partial charge on any atom is 0.229 e. The fourth-order valence-corrected chi connectivity index (χ4v) is 5.19. The molecule has 0 radical (unpaired) electrons. The second kappa shape index (κ2) is 15.8. The molecule has 0 amide bonds. The molecule has 2 aliphatic rings. The van der Waals surface area contributed by atoms with Gasteiger partial charge in [-0.25, -0.2) is 0 Å². The van der Waals surface area contributed by atoms with Gasteiger partial charge in [0.05, 0.1) is 12.8 Å². The van der Waals surface area contributed by atoms with Gasteiger partial charge in [-0.1, -0.05) is 38.3 Å². The van der Waals surface area contributed by atoms with Crippen molar-refractivity contribution < 1.29 is 14.2 Å². The summed E-state index contributed by atoms with van der Waals surface area (Å²) in [5.74, 6) is 4.86. The smallest absolute Gasteiger partial charge is 0.229 e. The molecule has 0 atom stereocenters. The summed E-state index contributed by atoms with van der Waals surface area (Å²) in [6.45, 7) is 7.88. The molecule has 5 rings (SSSR count). The number of hydrogen-bond acceptors (Lipinski definition) is 9. The average Bonchev–Trinajstić information content (AvgIpc) is 3.76. The van der Waals surface area contributed by atoms with Crippen LogP contribution in [0.4, 0.5) is 17.6 Å². The van der Waals surface area contributed by atoms with Crippen LogP contribution < -0.4 is 29.4 Å². The van der Waals surface area contributed by atoms with E-state index in [0.717, 1.165) is 73.8 Å². The van der Waals surface area contributed by atoms with Crippen LogP contribution in [0, 0.1) is 0 Å². The molecule has 2 aliphatic heterocycles. The Morgan fingerprint density at radius 1 is 0.762 bits per heavy atom. The number of anilines is 3. The zero-order valence-electron chi connectivity index (χ0n) is 24.8. The van der Waals surface area contributed by atoms with Crippen LogP contribution in [0.3, 0.4) is 0 Å². The number of nitrogens with one attached hydrogen (secondary N) is 1. The van der Waals surface area contributed by atoms with Gasteiger partial charge in [0.2, 0.25) is 5.95 Å². The van der Waals surface area contributed by atoms with Crippen LogP contribution in [0.15, 0.2) is 59.7 Å². The topological polar surface area (TPSA) is 84.3 Å². The third kappa shape index (κ3) is 8.74. The quantitative estimate of drug-likeness (QED) is 0.118. The molecular weight excluding hydrogens is 528 g/mol. The van der Waals surface area contributed by atoms with Gasteiger partial charge in [-0.3, -0.25) is 5.43 Å². The molecule has 2 aromatic carbocycles. The SMILES string of the molecule is CCCCCCOc1ccc(OCCOc2ccccc2/C=N/Nc2cc(N3CCCC3)nc(N3CCCC3)n2)cc1. The molecule has 1 N–H and O–H groups in total.